The molecule has 0 saturated heterocycles. The van der Waals surface area contributed by atoms with E-state index in [-0.39, 0.29) is 0 Å². The van der Waals surface area contributed by atoms with Crippen LogP contribution in [0.2, 0.25) is 0 Å². The van der Waals surface area contributed by atoms with Crippen molar-refractivity contribution in [2.45, 2.75) is 11.6 Å². The fraction of sp³-hybridized carbons (Fsp3) is 0.429. The lowest BCUT2D eigenvalue weighted by Crippen LogP contribution is -2.04. The van der Waals surface area contributed by atoms with Crippen LogP contribution in [0.5, 0.6) is 5.88 Å². The van der Waals surface area contributed by atoms with E-state index in [0.29, 0.717) is 12.4 Å². The predicted octanol–water partition coefficient (Wildman–Crippen LogP) is 0.666. The molecule has 4 nitrogen and oxygen atoms in total. The molecule has 0 aromatic carbocycles. The predicted molar refractivity (Wildman–Crippen MR) is 48.3 cm³/mol. The molecule has 0 atom stereocenters. The summed E-state index contributed by atoms with van der Waals surface area (Å²) in [5, 5.41) is 0.879. The maximum Gasteiger partial charge on any atom is 0.221 e. The average Bonchev–Trinajstić information content (AvgIpc) is 2.16. The molecule has 0 spiro atoms. The van der Waals surface area contributed by atoms with E-state index in [1.165, 1.54) is 18.1 Å². The van der Waals surface area contributed by atoms with Gasteiger partial charge in [-0.05, 0) is 6.26 Å². The van der Waals surface area contributed by atoms with Crippen molar-refractivity contribution in [2.75, 3.05) is 13.4 Å². The van der Waals surface area contributed by atoms with Gasteiger partial charge in [0.15, 0.2) is 0 Å². The Kier molecular flexibility index (Phi) is 3.31. The number of thioether (sulfide) groups is 1. The Morgan fingerprint density at radius 2 is 2.33 bits per heavy atom. The zero-order chi connectivity index (χ0) is 8.97. The molecule has 0 bridgehead atoms. The number of aromatic nitrogens is 2. The van der Waals surface area contributed by atoms with Gasteiger partial charge < -0.3 is 10.5 Å². The molecule has 0 saturated carbocycles. The Balaban J connectivity index is 3.13. The summed E-state index contributed by atoms with van der Waals surface area (Å²) in [5.41, 5.74) is 6.40. The normalized spacial score (nSPS) is 9.92. The van der Waals surface area contributed by atoms with Gasteiger partial charge in [0, 0.05) is 6.54 Å². The third-order valence-corrected chi connectivity index (χ3v) is 2.20. The maximum absolute atomic E-state index is 5.53. The molecule has 0 aliphatic carbocycles. The van der Waals surface area contributed by atoms with Crippen molar-refractivity contribution in [2.24, 2.45) is 5.73 Å². The Labute approximate surface area is 75.5 Å². The van der Waals surface area contributed by atoms with E-state index in [1.54, 1.807) is 7.11 Å². The quantitative estimate of drug-likeness (QED) is 0.554. The highest BCUT2D eigenvalue weighted by Gasteiger charge is 2.08. The molecule has 1 aromatic heterocycles. The summed E-state index contributed by atoms with van der Waals surface area (Å²) in [4.78, 5) is 8.02. The van der Waals surface area contributed by atoms with Gasteiger partial charge in [0.2, 0.25) is 5.88 Å². The van der Waals surface area contributed by atoms with Gasteiger partial charge in [-0.25, -0.2) is 9.97 Å². The van der Waals surface area contributed by atoms with Crippen LogP contribution < -0.4 is 10.5 Å². The molecule has 1 aromatic rings. The molecule has 1 heterocycles. The number of hydrogen-bond acceptors (Lipinski definition) is 5. The van der Waals surface area contributed by atoms with Crippen LogP contribution >= 0.6 is 11.8 Å². The molecule has 2 N–H and O–H groups in total. The first-order chi connectivity index (χ1) is 5.83. The number of rotatable bonds is 3. The summed E-state index contributed by atoms with van der Waals surface area (Å²) in [7, 11) is 1.58. The minimum atomic E-state index is 0.403. The Bertz CT molecular complexity index is 245. The summed E-state index contributed by atoms with van der Waals surface area (Å²) in [6.07, 6.45) is 3.42. The molecule has 1 rings (SSSR count). The second-order valence-electron chi connectivity index (χ2n) is 2.07. The highest BCUT2D eigenvalue weighted by molar-refractivity contribution is 7.98. The van der Waals surface area contributed by atoms with Gasteiger partial charge in [-0.15, -0.1) is 11.8 Å². The average molecular weight is 185 g/mol. The lowest BCUT2D eigenvalue weighted by Gasteiger charge is -2.07. The zero-order valence-corrected chi connectivity index (χ0v) is 7.89. The first kappa shape index (κ1) is 9.28. The molecule has 12 heavy (non-hydrogen) atoms. The molecule has 0 radical (unpaired) electrons. The first-order valence-electron chi connectivity index (χ1n) is 3.45. The van der Waals surface area contributed by atoms with Gasteiger partial charge in [0.05, 0.1) is 12.7 Å². The third kappa shape index (κ3) is 1.67. The maximum atomic E-state index is 5.53. The Morgan fingerprint density at radius 3 is 2.83 bits per heavy atom. The van der Waals surface area contributed by atoms with Gasteiger partial charge >= 0.3 is 0 Å². The number of nitrogens with two attached hydrogens (primary N) is 1. The van der Waals surface area contributed by atoms with Crippen LogP contribution in [0.25, 0.3) is 0 Å². The standard InChI is InChI=1S/C7H11N3OS/c1-11-6-5(3-8)7(12-2)10-4-9-6/h4H,3,8H2,1-2H3. The number of ether oxygens (including phenoxy) is 1. The van der Waals surface area contributed by atoms with Gasteiger partial charge in [0.1, 0.15) is 11.4 Å². The Morgan fingerprint density at radius 1 is 1.58 bits per heavy atom. The highest BCUT2D eigenvalue weighted by atomic mass is 32.2. The van der Waals surface area contributed by atoms with Crippen LogP contribution in [0.3, 0.4) is 0 Å². The number of nitrogens with zero attached hydrogens (tertiary/aromatic N) is 2. The lowest BCUT2D eigenvalue weighted by atomic mass is 10.3. The smallest absolute Gasteiger partial charge is 0.221 e. The van der Waals surface area contributed by atoms with E-state index in [9.17, 15) is 0 Å². The van der Waals surface area contributed by atoms with Gasteiger partial charge in [-0.3, -0.25) is 0 Å². The van der Waals surface area contributed by atoms with E-state index in [1.807, 2.05) is 6.26 Å². The summed E-state index contributed by atoms with van der Waals surface area (Å²) < 4.78 is 5.03. The molecule has 0 amide bonds. The van der Waals surface area contributed by atoms with E-state index < -0.39 is 0 Å². The van der Waals surface area contributed by atoms with Crippen LogP contribution in [0.4, 0.5) is 0 Å². The van der Waals surface area contributed by atoms with Gasteiger partial charge in [0.25, 0.3) is 0 Å². The largest absolute Gasteiger partial charge is 0.481 e. The highest BCUT2D eigenvalue weighted by Crippen LogP contribution is 2.23. The fourth-order valence-corrected chi connectivity index (χ4v) is 1.48. The summed E-state index contributed by atoms with van der Waals surface area (Å²) >= 11 is 1.54. The summed E-state index contributed by atoms with van der Waals surface area (Å²) in [6, 6.07) is 0. The van der Waals surface area contributed by atoms with Crippen molar-refractivity contribution in [3.8, 4) is 5.88 Å². The molecule has 0 unspecified atom stereocenters. The molecule has 5 heteroatoms. The SMILES string of the molecule is COc1ncnc(SC)c1CN. The molecular weight excluding hydrogens is 174 g/mol. The van der Waals surface area contributed by atoms with E-state index >= 15 is 0 Å². The van der Waals surface area contributed by atoms with Crippen molar-refractivity contribution < 1.29 is 4.74 Å². The van der Waals surface area contributed by atoms with E-state index in [2.05, 4.69) is 9.97 Å². The van der Waals surface area contributed by atoms with Crippen molar-refractivity contribution in [1.82, 2.24) is 9.97 Å². The molecule has 0 aliphatic rings. The first-order valence-corrected chi connectivity index (χ1v) is 4.67. The van der Waals surface area contributed by atoms with Gasteiger partial charge in [-0.1, -0.05) is 0 Å². The minimum Gasteiger partial charge on any atom is -0.481 e. The minimum absolute atomic E-state index is 0.403. The van der Waals surface area contributed by atoms with Crippen LogP contribution in [-0.4, -0.2) is 23.3 Å². The summed E-state index contributed by atoms with van der Waals surface area (Å²) in [6.45, 7) is 0.403. The molecule has 0 fully saturated rings. The second-order valence-corrected chi connectivity index (χ2v) is 2.87. The van der Waals surface area contributed by atoms with Crippen molar-refractivity contribution in [3.05, 3.63) is 11.9 Å². The van der Waals surface area contributed by atoms with Crippen molar-refractivity contribution in [3.63, 3.8) is 0 Å². The fourth-order valence-electron chi connectivity index (χ4n) is 0.907. The van der Waals surface area contributed by atoms with Crippen molar-refractivity contribution in [1.29, 1.82) is 0 Å². The van der Waals surface area contributed by atoms with Crippen LogP contribution in [0.15, 0.2) is 11.4 Å². The van der Waals surface area contributed by atoms with Crippen LogP contribution in [0.1, 0.15) is 5.56 Å². The third-order valence-electron chi connectivity index (χ3n) is 1.46. The topological polar surface area (TPSA) is 61.0 Å². The van der Waals surface area contributed by atoms with E-state index in [0.717, 1.165) is 10.6 Å². The molecule has 66 valence electrons. The number of hydrogen-bond donors (Lipinski definition) is 1. The second kappa shape index (κ2) is 4.27. The van der Waals surface area contributed by atoms with E-state index in [4.69, 9.17) is 10.5 Å². The monoisotopic (exact) mass is 185 g/mol. The Hall–Kier alpha value is -0.810. The summed E-state index contributed by atoms with van der Waals surface area (Å²) in [5.74, 6) is 0.567. The van der Waals surface area contributed by atoms with Gasteiger partial charge in [-0.2, -0.15) is 0 Å². The molecular formula is C7H11N3OS. The van der Waals surface area contributed by atoms with Crippen molar-refractivity contribution >= 4 is 11.8 Å². The van der Waals surface area contributed by atoms with Crippen LogP contribution in [-0.2, 0) is 6.54 Å². The van der Waals surface area contributed by atoms with Crippen LogP contribution in [0, 0.1) is 0 Å². The number of methoxy groups -OCH3 is 1. The molecule has 0 aliphatic heterocycles. The zero-order valence-electron chi connectivity index (χ0n) is 7.07. The lowest BCUT2D eigenvalue weighted by molar-refractivity contribution is 0.388.